The highest BCUT2D eigenvalue weighted by Crippen LogP contribution is 2.26. The summed E-state index contributed by atoms with van der Waals surface area (Å²) in [6, 6.07) is 16.1. The number of carbonyl (C=O) groups excluding carboxylic acids is 1. The number of aromatic nitrogens is 3. The molecule has 1 atom stereocenters. The van der Waals surface area contributed by atoms with Crippen molar-refractivity contribution in [1.29, 1.82) is 0 Å². The number of carbonyl (C=O) groups is 1. The number of hydrogen-bond donors (Lipinski definition) is 1. The van der Waals surface area contributed by atoms with E-state index in [1.807, 2.05) is 65.5 Å². The Kier molecular flexibility index (Phi) is 5.11. The molecule has 2 heterocycles. The molecule has 7 heteroatoms. The summed E-state index contributed by atoms with van der Waals surface area (Å²) in [7, 11) is 0. The lowest BCUT2D eigenvalue weighted by atomic mass is 10.1. The smallest absolute Gasteiger partial charge is 0.273 e. The molecule has 0 saturated heterocycles. The lowest BCUT2D eigenvalue weighted by Crippen LogP contribution is -2.34. The minimum Gasteiger partial charge on any atom is -0.350 e. The molecule has 0 fully saturated rings. The second-order valence-electron chi connectivity index (χ2n) is 6.97. The molecule has 0 aliphatic carbocycles. The summed E-state index contributed by atoms with van der Waals surface area (Å²) in [6.45, 7) is 4.16. The first-order chi connectivity index (χ1) is 14.0. The Morgan fingerprint density at radius 3 is 2.66 bits per heavy atom. The van der Waals surface area contributed by atoms with Crippen LogP contribution < -0.4 is 10.9 Å². The van der Waals surface area contributed by atoms with Crippen LogP contribution in [0.15, 0.2) is 59.4 Å². The lowest BCUT2D eigenvalue weighted by molar-refractivity contribution is -0.124. The van der Waals surface area contributed by atoms with Crippen molar-refractivity contribution in [2.45, 2.75) is 32.9 Å². The minimum atomic E-state index is -0.470. The van der Waals surface area contributed by atoms with Crippen LogP contribution in [0, 0.1) is 6.92 Å². The Balaban J connectivity index is 1.79. The van der Waals surface area contributed by atoms with Crippen molar-refractivity contribution in [2.24, 2.45) is 0 Å². The van der Waals surface area contributed by atoms with Crippen LogP contribution in [0.2, 0.25) is 5.02 Å². The number of fused-ring (bicyclic) bond motifs is 3. The molecule has 6 nitrogen and oxygen atoms in total. The first kappa shape index (κ1) is 19.2. The van der Waals surface area contributed by atoms with Crippen LogP contribution in [-0.4, -0.2) is 20.1 Å². The highest BCUT2D eigenvalue weighted by molar-refractivity contribution is 6.31. The van der Waals surface area contributed by atoms with E-state index in [9.17, 15) is 9.59 Å². The van der Waals surface area contributed by atoms with Crippen molar-refractivity contribution in [3.8, 4) is 0 Å². The maximum absolute atomic E-state index is 13.2. The fourth-order valence-electron chi connectivity index (χ4n) is 3.73. The van der Waals surface area contributed by atoms with Gasteiger partial charge in [0.25, 0.3) is 5.56 Å². The van der Waals surface area contributed by atoms with Crippen molar-refractivity contribution in [3.05, 3.63) is 81.2 Å². The summed E-state index contributed by atoms with van der Waals surface area (Å²) in [5.74, 6) is -0.117. The molecular weight excluding hydrogens is 388 g/mol. The van der Waals surface area contributed by atoms with E-state index >= 15 is 0 Å². The molecule has 148 valence electrons. The molecule has 0 radical (unpaired) electrons. The van der Waals surface area contributed by atoms with E-state index in [0.29, 0.717) is 23.6 Å². The number of amides is 1. The van der Waals surface area contributed by atoms with Gasteiger partial charge in [-0.15, -0.1) is 0 Å². The summed E-state index contributed by atoms with van der Waals surface area (Å²) in [4.78, 5) is 29.4. The van der Waals surface area contributed by atoms with E-state index < -0.39 is 6.04 Å². The topological polar surface area (TPSA) is 68.4 Å². The fourth-order valence-corrected chi connectivity index (χ4v) is 3.93. The summed E-state index contributed by atoms with van der Waals surface area (Å²) in [6.07, 6.45) is 0.577. The third-order valence-corrected chi connectivity index (χ3v) is 5.45. The van der Waals surface area contributed by atoms with Crippen molar-refractivity contribution >= 4 is 34.1 Å². The van der Waals surface area contributed by atoms with Gasteiger partial charge in [-0.05, 0) is 37.1 Å². The summed E-state index contributed by atoms with van der Waals surface area (Å²) >= 11 is 6.21. The SMILES string of the molecule is CC[C@@H](C(=O)NCc1ccccc1Cl)n1c2ccccc2c2nc(=O)cc(C)n21. The average Bonchev–Trinajstić information content (AvgIpc) is 3.03. The first-order valence-corrected chi connectivity index (χ1v) is 9.89. The molecule has 1 amide bonds. The van der Waals surface area contributed by atoms with Crippen LogP contribution in [0.1, 0.15) is 30.6 Å². The van der Waals surface area contributed by atoms with Crippen LogP contribution in [-0.2, 0) is 11.3 Å². The monoisotopic (exact) mass is 408 g/mol. The van der Waals surface area contributed by atoms with Gasteiger partial charge in [-0.3, -0.25) is 14.3 Å². The van der Waals surface area contributed by atoms with E-state index in [1.54, 1.807) is 6.07 Å². The minimum absolute atomic E-state index is 0.117. The molecule has 4 rings (SSSR count). The van der Waals surface area contributed by atoms with Gasteiger partial charge >= 0.3 is 0 Å². The highest BCUT2D eigenvalue weighted by atomic mass is 35.5. The molecule has 0 aliphatic heterocycles. The average molecular weight is 409 g/mol. The maximum atomic E-state index is 13.2. The maximum Gasteiger partial charge on any atom is 0.273 e. The van der Waals surface area contributed by atoms with Gasteiger partial charge in [-0.1, -0.05) is 48.9 Å². The molecule has 4 aromatic rings. The van der Waals surface area contributed by atoms with E-state index in [2.05, 4.69) is 10.3 Å². The van der Waals surface area contributed by atoms with Crippen LogP contribution >= 0.6 is 11.6 Å². The first-order valence-electron chi connectivity index (χ1n) is 9.52. The van der Waals surface area contributed by atoms with Crippen molar-refractivity contribution in [3.63, 3.8) is 0 Å². The van der Waals surface area contributed by atoms with Gasteiger partial charge in [0.2, 0.25) is 5.91 Å². The van der Waals surface area contributed by atoms with Crippen LogP contribution in [0.4, 0.5) is 0 Å². The number of aryl methyl sites for hydroxylation is 1. The summed E-state index contributed by atoms with van der Waals surface area (Å²) in [5, 5.41) is 4.46. The molecule has 1 N–H and O–H groups in total. The van der Waals surface area contributed by atoms with E-state index in [4.69, 9.17) is 11.6 Å². The quantitative estimate of drug-likeness (QED) is 0.545. The zero-order chi connectivity index (χ0) is 20.5. The summed E-state index contributed by atoms with van der Waals surface area (Å²) in [5.41, 5.74) is 2.72. The third-order valence-electron chi connectivity index (χ3n) is 5.09. The van der Waals surface area contributed by atoms with Crippen LogP contribution in [0.5, 0.6) is 0 Å². The largest absolute Gasteiger partial charge is 0.350 e. The van der Waals surface area contributed by atoms with Gasteiger partial charge in [0.05, 0.1) is 5.52 Å². The molecule has 0 bridgehead atoms. The number of nitrogens with zero attached hydrogens (tertiary/aromatic N) is 3. The molecule has 0 unspecified atom stereocenters. The predicted octanol–water partition coefficient (Wildman–Crippen LogP) is 3.88. The Bertz CT molecular complexity index is 1280. The van der Waals surface area contributed by atoms with E-state index in [0.717, 1.165) is 22.2 Å². The standard InChI is InChI=1S/C22H21ClN4O2/c1-3-18(22(29)24-13-15-8-4-6-10-17(15)23)27-19-11-7-5-9-16(19)21-25-20(28)12-14(2)26(21)27/h4-12,18H,3,13H2,1-2H3,(H,24,29)/t18-/m0/s1. The summed E-state index contributed by atoms with van der Waals surface area (Å²) < 4.78 is 3.78. The van der Waals surface area contributed by atoms with Gasteiger partial charge in [-0.2, -0.15) is 4.98 Å². The Morgan fingerprint density at radius 2 is 1.90 bits per heavy atom. The van der Waals surface area contributed by atoms with E-state index in [-0.39, 0.29) is 11.5 Å². The van der Waals surface area contributed by atoms with Crippen molar-refractivity contribution in [1.82, 2.24) is 19.5 Å². The molecule has 0 aliphatic rings. The van der Waals surface area contributed by atoms with Gasteiger partial charge in [0.1, 0.15) is 6.04 Å². The van der Waals surface area contributed by atoms with Crippen LogP contribution in [0.25, 0.3) is 16.6 Å². The number of halogens is 1. The number of hydrogen-bond acceptors (Lipinski definition) is 3. The van der Waals surface area contributed by atoms with Crippen molar-refractivity contribution in [2.75, 3.05) is 0 Å². The number of benzene rings is 2. The van der Waals surface area contributed by atoms with Gasteiger partial charge in [0.15, 0.2) is 5.65 Å². The van der Waals surface area contributed by atoms with Crippen LogP contribution in [0.3, 0.4) is 0 Å². The molecule has 2 aromatic carbocycles. The predicted molar refractivity (Wildman–Crippen MR) is 114 cm³/mol. The molecule has 0 spiro atoms. The van der Waals surface area contributed by atoms with Gasteiger partial charge < -0.3 is 5.32 Å². The molecule has 0 saturated carbocycles. The highest BCUT2D eigenvalue weighted by Gasteiger charge is 2.24. The number of rotatable bonds is 5. The second kappa shape index (κ2) is 7.72. The molecular formula is C22H21ClN4O2. The Morgan fingerprint density at radius 1 is 1.17 bits per heavy atom. The normalized spacial score (nSPS) is 12.4. The second-order valence-corrected chi connectivity index (χ2v) is 7.37. The zero-order valence-electron chi connectivity index (χ0n) is 16.2. The zero-order valence-corrected chi connectivity index (χ0v) is 17.0. The number of nitrogens with one attached hydrogen (secondary N) is 1. The van der Waals surface area contributed by atoms with Gasteiger partial charge in [-0.25, -0.2) is 4.52 Å². The third kappa shape index (κ3) is 3.40. The number of para-hydroxylation sites is 1. The fraction of sp³-hybridized carbons (Fsp3) is 0.227. The Labute approximate surface area is 172 Å². The van der Waals surface area contributed by atoms with Gasteiger partial charge in [0, 0.05) is 28.7 Å². The van der Waals surface area contributed by atoms with E-state index in [1.165, 1.54) is 6.07 Å². The molecule has 29 heavy (non-hydrogen) atoms. The molecule has 2 aromatic heterocycles. The lowest BCUT2D eigenvalue weighted by Gasteiger charge is -2.20. The van der Waals surface area contributed by atoms with Crippen molar-refractivity contribution < 1.29 is 4.79 Å². The Hall–Kier alpha value is -3.12.